The van der Waals surface area contributed by atoms with Crippen LogP contribution in [0.4, 0.5) is 0 Å². The Hall–Kier alpha value is -0.570. The van der Waals surface area contributed by atoms with Crippen molar-refractivity contribution in [3.05, 3.63) is 0 Å². The fourth-order valence-corrected chi connectivity index (χ4v) is 4.26. The van der Waals surface area contributed by atoms with Gasteiger partial charge in [0.2, 0.25) is 0 Å². The summed E-state index contributed by atoms with van der Waals surface area (Å²) >= 11 is 0. The second-order valence-electron chi connectivity index (χ2n) is 9.51. The van der Waals surface area contributed by atoms with Crippen molar-refractivity contribution >= 4 is 5.84 Å². The van der Waals surface area contributed by atoms with Gasteiger partial charge in [0.1, 0.15) is 0 Å². The number of nitrogens with one attached hydrogen (secondary N) is 2. The Bertz CT molecular complexity index is 343. The van der Waals surface area contributed by atoms with Crippen LogP contribution in [0, 0.1) is 11.3 Å². The summed E-state index contributed by atoms with van der Waals surface area (Å²) in [6.07, 6.45) is 28.6. The highest BCUT2D eigenvalue weighted by molar-refractivity contribution is 5.79. The zero-order valence-electron chi connectivity index (χ0n) is 20.9. The van der Waals surface area contributed by atoms with Crippen LogP contribution >= 0.6 is 0 Å². The monoisotopic (exact) mass is 423 g/mol. The van der Waals surface area contributed by atoms with E-state index in [1.54, 1.807) is 0 Å². The first-order valence-electron chi connectivity index (χ1n) is 13.8. The Morgan fingerprint density at radius 2 is 0.967 bits per heavy atom. The molecule has 3 heteroatoms. The van der Waals surface area contributed by atoms with E-state index in [2.05, 4.69) is 19.2 Å². The van der Waals surface area contributed by atoms with E-state index in [-0.39, 0.29) is 5.92 Å². The molecule has 30 heavy (non-hydrogen) atoms. The maximum atomic E-state index is 7.87. The molecule has 4 N–H and O–H groups in total. The Morgan fingerprint density at radius 3 is 1.37 bits per heavy atom. The van der Waals surface area contributed by atoms with Gasteiger partial charge in [-0.3, -0.25) is 5.41 Å². The maximum Gasteiger partial charge on any atom is 0.0949 e. The van der Waals surface area contributed by atoms with E-state index in [1.165, 1.54) is 128 Å². The van der Waals surface area contributed by atoms with Gasteiger partial charge in [-0.15, -0.1) is 0 Å². The van der Waals surface area contributed by atoms with Crippen LogP contribution < -0.4 is 11.1 Å². The summed E-state index contributed by atoms with van der Waals surface area (Å²) in [5.74, 6) is 0.615. The van der Waals surface area contributed by atoms with E-state index < -0.39 is 0 Å². The second-order valence-corrected chi connectivity index (χ2v) is 9.51. The molecule has 0 aliphatic heterocycles. The van der Waals surface area contributed by atoms with Crippen LogP contribution in [0.15, 0.2) is 0 Å². The Balaban J connectivity index is 3.43. The van der Waals surface area contributed by atoms with Gasteiger partial charge in [-0.1, -0.05) is 136 Å². The van der Waals surface area contributed by atoms with Gasteiger partial charge in [-0.25, -0.2) is 0 Å². The predicted octanol–water partition coefficient (Wildman–Crippen LogP) is 8.36. The molecule has 0 aromatic rings. The van der Waals surface area contributed by atoms with Crippen molar-refractivity contribution < 1.29 is 0 Å². The molecular weight excluding hydrogens is 366 g/mol. The van der Waals surface area contributed by atoms with Crippen molar-refractivity contribution in [3.8, 4) is 0 Å². The first-order valence-corrected chi connectivity index (χ1v) is 13.8. The number of hydrogen-bond donors (Lipinski definition) is 3. The standard InChI is InChI=1S/C27H57N3/c1-3-5-7-9-11-13-15-17-19-21-23-26(27(28)29)25-30-24-22-20-18-16-14-12-10-8-6-4-2/h26,30H,3-25H2,1-2H3,(H3,28,29). The number of hydrogen-bond acceptors (Lipinski definition) is 2. The molecule has 0 heterocycles. The highest BCUT2D eigenvalue weighted by Crippen LogP contribution is 2.14. The van der Waals surface area contributed by atoms with Crippen LogP contribution in [0.2, 0.25) is 0 Å². The number of rotatable bonds is 25. The van der Waals surface area contributed by atoms with Crippen molar-refractivity contribution in [1.82, 2.24) is 5.32 Å². The molecule has 0 saturated carbocycles. The maximum absolute atomic E-state index is 7.87. The minimum atomic E-state index is 0.238. The molecule has 180 valence electrons. The summed E-state index contributed by atoms with van der Waals surface area (Å²) in [5, 5.41) is 11.4. The lowest BCUT2D eigenvalue weighted by Crippen LogP contribution is -2.33. The molecule has 0 aliphatic carbocycles. The van der Waals surface area contributed by atoms with Crippen LogP contribution in [0.5, 0.6) is 0 Å². The molecular formula is C27H57N3. The molecule has 0 amide bonds. The summed E-state index contributed by atoms with van der Waals surface area (Å²) in [6.45, 7) is 6.54. The molecule has 0 aromatic carbocycles. The van der Waals surface area contributed by atoms with Gasteiger partial charge in [0, 0.05) is 12.5 Å². The predicted molar refractivity (Wildman–Crippen MR) is 137 cm³/mol. The molecule has 0 fully saturated rings. The third-order valence-corrected chi connectivity index (χ3v) is 6.44. The smallest absolute Gasteiger partial charge is 0.0949 e. The molecule has 0 bridgehead atoms. The van der Waals surface area contributed by atoms with Crippen LogP contribution in [0.3, 0.4) is 0 Å². The van der Waals surface area contributed by atoms with E-state index >= 15 is 0 Å². The zero-order valence-corrected chi connectivity index (χ0v) is 20.9. The Labute approximate surface area is 190 Å². The summed E-state index contributed by atoms with van der Waals surface area (Å²) in [6, 6.07) is 0. The van der Waals surface area contributed by atoms with Gasteiger partial charge in [-0.05, 0) is 19.4 Å². The molecule has 0 radical (unpaired) electrons. The number of amidine groups is 1. The van der Waals surface area contributed by atoms with Gasteiger partial charge >= 0.3 is 0 Å². The van der Waals surface area contributed by atoms with Gasteiger partial charge < -0.3 is 11.1 Å². The van der Waals surface area contributed by atoms with E-state index in [4.69, 9.17) is 11.1 Å². The third-order valence-electron chi connectivity index (χ3n) is 6.44. The summed E-state index contributed by atoms with van der Waals surface area (Å²) in [5.41, 5.74) is 5.84. The lowest BCUT2D eigenvalue weighted by molar-refractivity contribution is 0.486. The van der Waals surface area contributed by atoms with Crippen LogP contribution in [0.25, 0.3) is 0 Å². The van der Waals surface area contributed by atoms with E-state index in [0.29, 0.717) is 5.84 Å². The first kappa shape index (κ1) is 29.4. The van der Waals surface area contributed by atoms with Crippen molar-refractivity contribution in [1.29, 1.82) is 5.41 Å². The van der Waals surface area contributed by atoms with Crippen LogP contribution in [-0.4, -0.2) is 18.9 Å². The summed E-state index contributed by atoms with van der Waals surface area (Å²) < 4.78 is 0. The highest BCUT2D eigenvalue weighted by atomic mass is 14.9. The highest BCUT2D eigenvalue weighted by Gasteiger charge is 2.11. The van der Waals surface area contributed by atoms with Crippen molar-refractivity contribution in [2.24, 2.45) is 11.7 Å². The molecule has 0 saturated heterocycles. The topological polar surface area (TPSA) is 61.9 Å². The molecule has 0 rings (SSSR count). The van der Waals surface area contributed by atoms with Crippen molar-refractivity contribution in [3.63, 3.8) is 0 Å². The molecule has 1 unspecified atom stereocenters. The van der Waals surface area contributed by atoms with Gasteiger partial charge in [0.25, 0.3) is 0 Å². The van der Waals surface area contributed by atoms with E-state index in [0.717, 1.165) is 19.5 Å². The van der Waals surface area contributed by atoms with Crippen molar-refractivity contribution in [2.75, 3.05) is 13.1 Å². The number of unbranched alkanes of at least 4 members (excludes halogenated alkanes) is 18. The van der Waals surface area contributed by atoms with E-state index in [1.807, 2.05) is 0 Å². The molecule has 0 aromatic heterocycles. The zero-order chi connectivity index (χ0) is 22.1. The van der Waals surface area contributed by atoms with Gasteiger partial charge in [-0.2, -0.15) is 0 Å². The number of nitrogens with two attached hydrogens (primary N) is 1. The second kappa shape index (κ2) is 24.7. The summed E-state index contributed by atoms with van der Waals surface area (Å²) in [4.78, 5) is 0. The minimum absolute atomic E-state index is 0.238. The molecule has 3 nitrogen and oxygen atoms in total. The minimum Gasteiger partial charge on any atom is -0.387 e. The van der Waals surface area contributed by atoms with Crippen LogP contribution in [-0.2, 0) is 0 Å². The average Bonchev–Trinajstić information content (AvgIpc) is 2.74. The Kier molecular flexibility index (Phi) is 24.2. The SMILES string of the molecule is CCCCCCCCCCCCNCC(CCCCCCCCCCCC)C(=N)N. The average molecular weight is 424 g/mol. The largest absolute Gasteiger partial charge is 0.387 e. The fraction of sp³-hybridized carbons (Fsp3) is 0.963. The Morgan fingerprint density at radius 1 is 0.600 bits per heavy atom. The third kappa shape index (κ3) is 22.1. The lowest BCUT2D eigenvalue weighted by atomic mass is 9.98. The first-order chi connectivity index (χ1) is 14.7. The van der Waals surface area contributed by atoms with Crippen molar-refractivity contribution in [2.45, 2.75) is 149 Å². The van der Waals surface area contributed by atoms with Crippen LogP contribution in [0.1, 0.15) is 149 Å². The normalized spacial score (nSPS) is 12.3. The van der Waals surface area contributed by atoms with Gasteiger partial charge in [0.15, 0.2) is 0 Å². The quantitative estimate of drug-likeness (QED) is 0.0784. The lowest BCUT2D eigenvalue weighted by Gasteiger charge is -2.16. The fourth-order valence-electron chi connectivity index (χ4n) is 4.26. The molecule has 1 atom stereocenters. The molecule has 0 spiro atoms. The summed E-state index contributed by atoms with van der Waals surface area (Å²) in [7, 11) is 0. The van der Waals surface area contributed by atoms with Gasteiger partial charge in [0.05, 0.1) is 5.84 Å². The van der Waals surface area contributed by atoms with E-state index in [9.17, 15) is 0 Å². The molecule has 0 aliphatic rings.